The predicted molar refractivity (Wildman–Crippen MR) is 138 cm³/mol. The van der Waals surface area contributed by atoms with Crippen molar-refractivity contribution in [1.29, 1.82) is 0 Å². The number of anilines is 1. The van der Waals surface area contributed by atoms with Crippen LogP contribution in [-0.4, -0.2) is 43.9 Å². The molecule has 4 aromatic rings. The molecule has 3 N–H and O–H groups in total. The van der Waals surface area contributed by atoms with Gasteiger partial charge in [-0.2, -0.15) is 23.3 Å². The van der Waals surface area contributed by atoms with Crippen molar-refractivity contribution in [2.45, 2.75) is 13.1 Å². The minimum Gasteiger partial charge on any atom is -0.544 e. The van der Waals surface area contributed by atoms with Gasteiger partial charge in [0.1, 0.15) is 11.4 Å². The van der Waals surface area contributed by atoms with Crippen molar-refractivity contribution in [3.63, 3.8) is 0 Å². The fraction of sp³-hybridized carbons (Fsp3) is 0.120. The molecule has 4 rings (SSSR count). The van der Waals surface area contributed by atoms with Gasteiger partial charge in [0.15, 0.2) is 5.75 Å². The van der Waals surface area contributed by atoms with Crippen LogP contribution in [0.3, 0.4) is 0 Å². The zero-order valence-corrected chi connectivity index (χ0v) is 25.7. The molecule has 1 aromatic carbocycles. The molecule has 0 aliphatic carbocycles. The van der Waals surface area contributed by atoms with E-state index in [-0.39, 0.29) is 78.2 Å². The third-order valence-corrected chi connectivity index (χ3v) is 6.10. The maximum absolute atomic E-state index is 12.9. The van der Waals surface area contributed by atoms with Gasteiger partial charge < -0.3 is 20.7 Å². The van der Waals surface area contributed by atoms with E-state index in [4.69, 9.17) is 5.73 Å². The molecular formula is C25H20F3KN6O5S. The van der Waals surface area contributed by atoms with E-state index in [1.165, 1.54) is 55.3 Å². The summed E-state index contributed by atoms with van der Waals surface area (Å²) in [6.45, 7) is 1.51. The van der Waals surface area contributed by atoms with Gasteiger partial charge >= 0.3 is 57.6 Å². The number of halogens is 3. The van der Waals surface area contributed by atoms with Crippen molar-refractivity contribution in [3.8, 4) is 17.0 Å². The summed E-state index contributed by atoms with van der Waals surface area (Å²) in [6, 6.07) is 11.6. The number of amides is 2. The summed E-state index contributed by atoms with van der Waals surface area (Å²) >= 11 is 0.665. The first kappa shape index (κ1) is 33.8. The van der Waals surface area contributed by atoms with Gasteiger partial charge in [0.25, 0.3) is 11.8 Å². The van der Waals surface area contributed by atoms with Crippen LogP contribution < -0.4 is 67.2 Å². The number of aromatic nitrogens is 3. The summed E-state index contributed by atoms with van der Waals surface area (Å²) in [5.41, 5.74) is 4.66. The number of benzene rings is 1. The van der Waals surface area contributed by atoms with Gasteiger partial charge in [0.2, 0.25) is 5.82 Å². The molecule has 2 amide bonds. The average molecular weight is 613 g/mol. The van der Waals surface area contributed by atoms with Crippen LogP contribution in [0.15, 0.2) is 65.9 Å². The molecular weight excluding hydrogens is 592 g/mol. The molecule has 0 unspecified atom stereocenters. The third kappa shape index (κ3) is 8.31. The van der Waals surface area contributed by atoms with Crippen molar-refractivity contribution >= 4 is 41.2 Å². The smallest absolute Gasteiger partial charge is 0.544 e. The molecule has 0 fully saturated rings. The van der Waals surface area contributed by atoms with Crippen LogP contribution in [0.5, 0.6) is 5.75 Å². The van der Waals surface area contributed by atoms with Gasteiger partial charge in [0, 0.05) is 25.0 Å². The van der Waals surface area contributed by atoms with Crippen LogP contribution in [0, 0.1) is 0 Å². The molecule has 0 bridgehead atoms. The normalized spacial score (nSPS) is 10.9. The maximum Gasteiger partial charge on any atom is 1.00 e. The van der Waals surface area contributed by atoms with E-state index >= 15 is 0 Å². The van der Waals surface area contributed by atoms with E-state index in [0.717, 1.165) is 17.1 Å². The van der Waals surface area contributed by atoms with E-state index in [1.54, 1.807) is 18.2 Å². The van der Waals surface area contributed by atoms with E-state index in [0.29, 0.717) is 17.0 Å². The van der Waals surface area contributed by atoms with Crippen LogP contribution in [0.25, 0.3) is 11.3 Å². The van der Waals surface area contributed by atoms with E-state index in [9.17, 15) is 37.8 Å². The SMILES string of the molecule is CC=NN(C(=O)c1ccc(C(=O)[O-])s1)c1nn(C)c(-c2ccc(C(F)(F)F)cc2)c1O.NC(=O)c1ccccn1.[K+]. The molecule has 0 aliphatic rings. The number of hydrogen-bond donors (Lipinski definition) is 2. The monoisotopic (exact) mass is 612 g/mol. The maximum atomic E-state index is 12.9. The molecule has 0 saturated carbocycles. The van der Waals surface area contributed by atoms with Crippen LogP contribution in [-0.2, 0) is 13.2 Å². The van der Waals surface area contributed by atoms with E-state index < -0.39 is 35.3 Å². The molecule has 16 heteroatoms. The number of rotatable bonds is 6. The number of carbonyl (C=O) groups is 3. The number of carboxylic acid groups (broad SMARTS) is 1. The second-order valence-electron chi connectivity index (χ2n) is 7.74. The Kier molecular flexibility index (Phi) is 11.9. The number of primary amides is 1. The van der Waals surface area contributed by atoms with Gasteiger partial charge in [-0.1, -0.05) is 18.2 Å². The van der Waals surface area contributed by atoms with Gasteiger partial charge in [-0.15, -0.1) is 16.4 Å². The first-order valence-electron chi connectivity index (χ1n) is 11.1. The number of hydrogen-bond acceptors (Lipinski definition) is 9. The number of hydrazone groups is 1. The first-order valence-corrected chi connectivity index (χ1v) is 12.0. The average Bonchev–Trinajstić information content (AvgIpc) is 3.52. The fourth-order valence-electron chi connectivity index (χ4n) is 3.28. The second-order valence-corrected chi connectivity index (χ2v) is 8.82. The zero-order valence-electron chi connectivity index (χ0n) is 21.8. The number of aromatic carboxylic acids is 1. The molecule has 0 spiro atoms. The summed E-state index contributed by atoms with van der Waals surface area (Å²) in [5, 5.41) is 30.4. The first-order chi connectivity index (χ1) is 18.8. The van der Waals surface area contributed by atoms with Crippen molar-refractivity contribution in [1.82, 2.24) is 14.8 Å². The Hall–Kier alpha value is -3.41. The van der Waals surface area contributed by atoms with Gasteiger partial charge in [-0.25, -0.2) is 0 Å². The zero-order chi connectivity index (χ0) is 29.6. The molecule has 0 atom stereocenters. The number of nitrogens with two attached hydrogens (primary N) is 1. The Morgan fingerprint density at radius 1 is 1.10 bits per heavy atom. The van der Waals surface area contributed by atoms with E-state index in [2.05, 4.69) is 15.2 Å². The Labute approximate surface area is 277 Å². The standard InChI is InChI=1S/C19H15F3N4O4S.C6H6N2O.K/c1-3-23-26(17(28)12-8-9-13(31-12)18(29)30)16-15(27)14(25(2)24-16)10-4-6-11(7-5-10)19(20,21)22;7-6(9)5-3-1-2-4-8-5;/h3-9,27H,1-2H3,(H,29,30);1-4H,(H2,7,9);/q;;+1/p-1. The summed E-state index contributed by atoms with van der Waals surface area (Å²) in [4.78, 5) is 37.7. The quantitative estimate of drug-likeness (QED) is 0.177. The fourth-order valence-corrected chi connectivity index (χ4v) is 4.04. The number of alkyl halides is 3. The molecule has 11 nitrogen and oxygen atoms in total. The minimum atomic E-state index is -4.51. The van der Waals surface area contributed by atoms with Crippen LogP contribution >= 0.6 is 11.3 Å². The second kappa shape index (κ2) is 14.5. The Morgan fingerprint density at radius 2 is 1.73 bits per heavy atom. The van der Waals surface area contributed by atoms with Crippen molar-refractivity contribution in [2.24, 2.45) is 17.9 Å². The van der Waals surface area contributed by atoms with Crippen molar-refractivity contribution < 1.29 is 89.2 Å². The number of thiophene rings is 1. The van der Waals surface area contributed by atoms with E-state index in [1.807, 2.05) is 0 Å². The molecule has 208 valence electrons. The van der Waals surface area contributed by atoms with Gasteiger partial charge in [-0.05, 0) is 43.3 Å². The summed E-state index contributed by atoms with van der Waals surface area (Å²) in [5.74, 6) is -3.46. The molecule has 3 aromatic heterocycles. The molecule has 3 heterocycles. The number of aryl methyl sites for hydroxylation is 1. The van der Waals surface area contributed by atoms with Gasteiger partial charge in [-0.3, -0.25) is 19.3 Å². The van der Waals surface area contributed by atoms with Crippen LogP contribution in [0.4, 0.5) is 19.0 Å². The summed E-state index contributed by atoms with van der Waals surface area (Å²) in [7, 11) is 1.44. The number of carbonyl (C=O) groups excluding carboxylic acids is 3. The molecule has 0 aliphatic heterocycles. The minimum absolute atomic E-state index is 0. The largest absolute Gasteiger partial charge is 1.00 e. The van der Waals surface area contributed by atoms with Crippen LogP contribution in [0.2, 0.25) is 0 Å². The summed E-state index contributed by atoms with van der Waals surface area (Å²) < 4.78 is 39.6. The molecule has 41 heavy (non-hydrogen) atoms. The Bertz CT molecular complexity index is 1560. The predicted octanol–water partition coefficient (Wildman–Crippen LogP) is 0.0735. The van der Waals surface area contributed by atoms with Crippen molar-refractivity contribution in [2.75, 3.05) is 5.01 Å². The van der Waals surface area contributed by atoms with Crippen LogP contribution in [0.1, 0.15) is 42.3 Å². The van der Waals surface area contributed by atoms with Crippen molar-refractivity contribution in [3.05, 3.63) is 81.8 Å². The molecule has 0 radical (unpaired) electrons. The third-order valence-electron chi connectivity index (χ3n) is 5.05. The number of nitrogens with zero attached hydrogens (tertiary/aromatic N) is 5. The molecule has 0 saturated heterocycles. The number of pyridine rings is 1. The number of aromatic hydroxyl groups is 1. The number of carboxylic acids is 1. The van der Waals surface area contributed by atoms with Gasteiger partial charge in [0.05, 0.1) is 21.3 Å². The Morgan fingerprint density at radius 3 is 2.20 bits per heavy atom. The Balaban J connectivity index is 0.000000501. The topological polar surface area (TPSA) is 167 Å². The summed E-state index contributed by atoms with van der Waals surface area (Å²) in [6.07, 6.45) is -1.72.